The number of hydrogen-bond acceptors (Lipinski definition) is 5. The van der Waals surface area contributed by atoms with Crippen LogP contribution < -0.4 is 10.6 Å². The van der Waals surface area contributed by atoms with Gasteiger partial charge in [0, 0.05) is 12.6 Å². The van der Waals surface area contributed by atoms with Gasteiger partial charge in [-0.2, -0.15) is 5.10 Å². The molecule has 2 N–H and O–H groups in total. The maximum Gasteiger partial charge on any atom is 0.224 e. The Morgan fingerprint density at radius 2 is 2.30 bits per heavy atom. The second-order valence-corrected chi connectivity index (χ2v) is 6.03. The van der Waals surface area contributed by atoms with Crippen LogP contribution in [0.1, 0.15) is 26.2 Å². The Hall–Kier alpha value is -2.28. The van der Waals surface area contributed by atoms with Crippen LogP contribution in [0.4, 0.5) is 5.69 Å². The smallest absolute Gasteiger partial charge is 0.224 e. The van der Waals surface area contributed by atoms with E-state index < -0.39 is 0 Å². The van der Waals surface area contributed by atoms with Crippen LogP contribution in [-0.2, 0) is 4.79 Å². The third-order valence-corrected chi connectivity index (χ3v) is 4.39. The minimum atomic E-state index is 0.0189. The summed E-state index contributed by atoms with van der Waals surface area (Å²) >= 11 is 0. The summed E-state index contributed by atoms with van der Waals surface area (Å²) in [7, 11) is 0. The highest BCUT2D eigenvalue weighted by Gasteiger charge is 2.22. The second-order valence-electron chi connectivity index (χ2n) is 6.03. The van der Waals surface area contributed by atoms with E-state index in [2.05, 4.69) is 32.6 Å². The van der Waals surface area contributed by atoms with Crippen molar-refractivity contribution in [1.29, 1.82) is 0 Å². The Balaban J connectivity index is 1.64. The topological polar surface area (TPSA) is 84.7 Å². The molecule has 0 saturated carbocycles. The van der Waals surface area contributed by atoms with E-state index >= 15 is 0 Å². The van der Waals surface area contributed by atoms with Gasteiger partial charge in [0.25, 0.3) is 0 Å². The number of hydrogen-bond donors (Lipinski definition) is 2. The average Bonchev–Trinajstić information content (AvgIpc) is 3.10. The zero-order valence-electron chi connectivity index (χ0n) is 13.3. The molecule has 1 atom stereocenters. The molecule has 3 heterocycles. The summed E-state index contributed by atoms with van der Waals surface area (Å²) < 4.78 is 1.55. The summed E-state index contributed by atoms with van der Waals surface area (Å²) in [6, 6.07) is 3.63. The number of aromatic nitrogens is 4. The fourth-order valence-corrected chi connectivity index (χ4v) is 3.07. The first-order valence-corrected chi connectivity index (χ1v) is 8.04. The summed E-state index contributed by atoms with van der Waals surface area (Å²) in [5.41, 5.74) is 0.653. The van der Waals surface area contributed by atoms with Crippen molar-refractivity contribution in [2.45, 2.75) is 26.2 Å². The number of amides is 1. The van der Waals surface area contributed by atoms with E-state index in [-0.39, 0.29) is 5.91 Å². The summed E-state index contributed by atoms with van der Waals surface area (Å²) in [6.45, 7) is 4.27. The van der Waals surface area contributed by atoms with Crippen LogP contribution >= 0.6 is 0 Å². The molecule has 1 fully saturated rings. The quantitative estimate of drug-likeness (QED) is 0.876. The number of pyridine rings is 1. The van der Waals surface area contributed by atoms with Gasteiger partial charge in [-0.15, -0.1) is 0 Å². The van der Waals surface area contributed by atoms with Gasteiger partial charge in [-0.1, -0.05) is 6.92 Å². The molecule has 7 nitrogen and oxygen atoms in total. The van der Waals surface area contributed by atoms with Crippen LogP contribution in [-0.4, -0.2) is 38.7 Å². The van der Waals surface area contributed by atoms with E-state index in [1.165, 1.54) is 6.33 Å². The summed E-state index contributed by atoms with van der Waals surface area (Å²) in [6.07, 6.45) is 7.49. The van der Waals surface area contributed by atoms with Crippen LogP contribution in [0.5, 0.6) is 0 Å². The van der Waals surface area contributed by atoms with E-state index in [0.717, 1.165) is 25.9 Å². The molecule has 3 rings (SSSR count). The molecule has 1 amide bonds. The zero-order valence-corrected chi connectivity index (χ0v) is 13.3. The molecule has 0 aliphatic carbocycles. The number of anilines is 1. The lowest BCUT2D eigenvalue weighted by molar-refractivity contribution is -0.117. The van der Waals surface area contributed by atoms with E-state index in [4.69, 9.17) is 0 Å². The summed E-state index contributed by atoms with van der Waals surface area (Å²) in [5.74, 6) is 1.59. The molecule has 1 aliphatic rings. The molecule has 0 bridgehead atoms. The summed E-state index contributed by atoms with van der Waals surface area (Å²) in [5, 5.41) is 10.4. The molecular formula is C16H22N6O. The molecule has 2 aromatic rings. The lowest BCUT2D eigenvalue weighted by atomic mass is 9.84. The van der Waals surface area contributed by atoms with Crippen molar-refractivity contribution in [2.75, 3.05) is 18.4 Å². The van der Waals surface area contributed by atoms with Crippen molar-refractivity contribution in [3.63, 3.8) is 0 Å². The maximum atomic E-state index is 12.4. The van der Waals surface area contributed by atoms with Gasteiger partial charge in [0.2, 0.25) is 5.91 Å². The molecule has 1 unspecified atom stereocenters. The minimum Gasteiger partial charge on any atom is -0.323 e. The first-order valence-electron chi connectivity index (χ1n) is 8.04. The fourth-order valence-electron chi connectivity index (χ4n) is 3.07. The molecule has 7 heteroatoms. The third-order valence-electron chi connectivity index (χ3n) is 4.39. The Morgan fingerprint density at radius 1 is 1.48 bits per heavy atom. The molecule has 0 radical (unpaired) electrons. The van der Waals surface area contributed by atoms with E-state index in [9.17, 15) is 4.79 Å². The number of carbonyl (C=O) groups is 1. The first-order chi connectivity index (χ1) is 11.2. The normalized spacial score (nSPS) is 16.9. The SMILES string of the molecule is CC(CC(=O)Nc1cccnc1-n1cncn1)C1CCNCC1. The monoisotopic (exact) mass is 314 g/mol. The Morgan fingerprint density at radius 3 is 3.04 bits per heavy atom. The molecule has 122 valence electrons. The Labute approximate surface area is 135 Å². The number of nitrogens with one attached hydrogen (secondary N) is 2. The highest BCUT2D eigenvalue weighted by molar-refractivity contribution is 5.92. The van der Waals surface area contributed by atoms with Gasteiger partial charge in [-0.3, -0.25) is 4.79 Å². The largest absolute Gasteiger partial charge is 0.323 e. The van der Waals surface area contributed by atoms with Gasteiger partial charge >= 0.3 is 0 Å². The average molecular weight is 314 g/mol. The van der Waals surface area contributed by atoms with E-state index in [1.54, 1.807) is 23.3 Å². The third kappa shape index (κ3) is 3.92. The van der Waals surface area contributed by atoms with Gasteiger partial charge in [0.05, 0.1) is 5.69 Å². The number of carbonyl (C=O) groups excluding carboxylic acids is 1. The Kier molecular flexibility index (Phi) is 4.97. The van der Waals surface area contributed by atoms with Crippen LogP contribution in [0.3, 0.4) is 0 Å². The number of rotatable bonds is 5. The second kappa shape index (κ2) is 7.32. The fraction of sp³-hybridized carbons (Fsp3) is 0.500. The van der Waals surface area contributed by atoms with Crippen molar-refractivity contribution in [2.24, 2.45) is 11.8 Å². The van der Waals surface area contributed by atoms with Crippen molar-refractivity contribution in [3.8, 4) is 5.82 Å². The van der Waals surface area contributed by atoms with Crippen LogP contribution in [0, 0.1) is 11.8 Å². The van der Waals surface area contributed by atoms with Gasteiger partial charge in [-0.05, 0) is 49.9 Å². The predicted molar refractivity (Wildman–Crippen MR) is 87.2 cm³/mol. The van der Waals surface area contributed by atoms with Crippen molar-refractivity contribution < 1.29 is 4.79 Å². The maximum absolute atomic E-state index is 12.4. The van der Waals surface area contributed by atoms with Crippen molar-refractivity contribution >= 4 is 11.6 Å². The van der Waals surface area contributed by atoms with Crippen molar-refractivity contribution in [3.05, 3.63) is 31.0 Å². The van der Waals surface area contributed by atoms with E-state index in [0.29, 0.717) is 29.8 Å². The number of piperidine rings is 1. The van der Waals surface area contributed by atoms with E-state index in [1.807, 2.05) is 6.07 Å². The van der Waals surface area contributed by atoms with Crippen molar-refractivity contribution in [1.82, 2.24) is 25.1 Å². The zero-order chi connectivity index (χ0) is 16.1. The predicted octanol–water partition coefficient (Wildman–Crippen LogP) is 1.63. The lowest BCUT2D eigenvalue weighted by Crippen LogP contribution is -2.32. The van der Waals surface area contributed by atoms with Gasteiger partial charge in [0.1, 0.15) is 12.7 Å². The molecule has 1 aliphatic heterocycles. The molecule has 0 aromatic carbocycles. The van der Waals surface area contributed by atoms with Crippen LogP contribution in [0.25, 0.3) is 5.82 Å². The number of nitrogens with zero attached hydrogens (tertiary/aromatic N) is 4. The Bertz CT molecular complexity index is 636. The minimum absolute atomic E-state index is 0.0189. The highest BCUT2D eigenvalue weighted by Crippen LogP contribution is 2.25. The molecule has 23 heavy (non-hydrogen) atoms. The molecule has 0 spiro atoms. The van der Waals surface area contributed by atoms with Gasteiger partial charge < -0.3 is 10.6 Å². The molecule has 1 saturated heterocycles. The van der Waals surface area contributed by atoms with Crippen LogP contribution in [0.15, 0.2) is 31.0 Å². The standard InChI is InChI=1S/C16H22N6O/c1-12(13-4-7-17-8-5-13)9-15(23)21-14-3-2-6-19-16(14)22-11-18-10-20-22/h2-3,6,10-13,17H,4-5,7-9H2,1H3,(H,21,23). The molecule has 2 aromatic heterocycles. The first kappa shape index (κ1) is 15.6. The molecular weight excluding hydrogens is 292 g/mol. The lowest BCUT2D eigenvalue weighted by Gasteiger charge is -2.27. The van der Waals surface area contributed by atoms with Gasteiger partial charge in [0.15, 0.2) is 5.82 Å². The van der Waals surface area contributed by atoms with Crippen LogP contribution in [0.2, 0.25) is 0 Å². The summed E-state index contributed by atoms with van der Waals surface area (Å²) in [4.78, 5) is 20.6. The highest BCUT2D eigenvalue weighted by atomic mass is 16.1. The van der Waals surface area contributed by atoms with Gasteiger partial charge in [-0.25, -0.2) is 14.6 Å².